The molecule has 0 aromatic heterocycles. The number of allylic oxidation sites excluding steroid dienone is 2. The van der Waals surface area contributed by atoms with Gasteiger partial charge in [0, 0.05) is 24.8 Å². The van der Waals surface area contributed by atoms with Crippen LogP contribution in [0.5, 0.6) is 0 Å². The molecule has 0 radical (unpaired) electrons. The number of rotatable bonds is 2. The SMILES string of the molecule is CC(=O)O/C(C)=C1\COC2(c3ccccc3)C=CC(=O)CC12. The Kier molecular flexibility index (Phi) is 3.71. The molecule has 4 heteroatoms. The molecule has 22 heavy (non-hydrogen) atoms. The number of fused-ring (bicyclic) bond motifs is 1. The monoisotopic (exact) mass is 298 g/mol. The topological polar surface area (TPSA) is 52.6 Å². The average Bonchev–Trinajstić information content (AvgIpc) is 2.87. The number of esters is 1. The highest BCUT2D eigenvalue weighted by molar-refractivity contribution is 5.91. The van der Waals surface area contributed by atoms with Crippen LogP contribution < -0.4 is 0 Å². The van der Waals surface area contributed by atoms with Crippen LogP contribution >= 0.6 is 0 Å². The van der Waals surface area contributed by atoms with Crippen LogP contribution in [0, 0.1) is 5.92 Å². The highest BCUT2D eigenvalue weighted by Gasteiger charge is 2.50. The Hall–Kier alpha value is -2.20. The molecular weight excluding hydrogens is 280 g/mol. The normalized spacial score (nSPS) is 29.2. The molecule has 1 fully saturated rings. The Morgan fingerprint density at radius 1 is 1.27 bits per heavy atom. The van der Waals surface area contributed by atoms with Crippen molar-refractivity contribution in [2.75, 3.05) is 6.61 Å². The minimum atomic E-state index is -0.647. The Bertz CT molecular complexity index is 672. The smallest absolute Gasteiger partial charge is 0.307 e. The van der Waals surface area contributed by atoms with Crippen LogP contribution in [0.15, 0.2) is 53.8 Å². The van der Waals surface area contributed by atoms with Crippen molar-refractivity contribution in [2.45, 2.75) is 25.9 Å². The Morgan fingerprint density at radius 2 is 2.00 bits per heavy atom. The molecule has 2 unspecified atom stereocenters. The van der Waals surface area contributed by atoms with E-state index in [9.17, 15) is 9.59 Å². The van der Waals surface area contributed by atoms with Gasteiger partial charge in [-0.15, -0.1) is 0 Å². The molecule has 1 aromatic carbocycles. The molecule has 4 nitrogen and oxygen atoms in total. The quantitative estimate of drug-likeness (QED) is 0.622. The average molecular weight is 298 g/mol. The van der Waals surface area contributed by atoms with Gasteiger partial charge in [0.25, 0.3) is 0 Å². The molecular formula is C18H18O4. The summed E-state index contributed by atoms with van der Waals surface area (Å²) in [5, 5.41) is 0. The van der Waals surface area contributed by atoms with Gasteiger partial charge in [0.2, 0.25) is 0 Å². The van der Waals surface area contributed by atoms with Crippen molar-refractivity contribution in [2.24, 2.45) is 5.92 Å². The van der Waals surface area contributed by atoms with Crippen molar-refractivity contribution < 1.29 is 19.1 Å². The maximum Gasteiger partial charge on any atom is 0.307 e. The van der Waals surface area contributed by atoms with E-state index in [1.807, 2.05) is 36.4 Å². The van der Waals surface area contributed by atoms with Gasteiger partial charge < -0.3 is 9.47 Å². The first-order valence-electron chi connectivity index (χ1n) is 7.32. The predicted octanol–water partition coefficient (Wildman–Crippen LogP) is 2.89. The molecule has 3 rings (SSSR count). The third-order valence-corrected chi connectivity index (χ3v) is 4.30. The Balaban J connectivity index is 2.08. The van der Waals surface area contributed by atoms with Gasteiger partial charge in [-0.25, -0.2) is 0 Å². The third-order valence-electron chi connectivity index (χ3n) is 4.30. The van der Waals surface area contributed by atoms with Crippen LogP contribution in [-0.4, -0.2) is 18.4 Å². The summed E-state index contributed by atoms with van der Waals surface area (Å²) in [6.45, 7) is 3.48. The van der Waals surface area contributed by atoms with E-state index < -0.39 is 5.60 Å². The highest BCUT2D eigenvalue weighted by Crippen LogP contribution is 2.49. The molecule has 1 aliphatic heterocycles. The number of hydrogen-bond acceptors (Lipinski definition) is 4. The largest absolute Gasteiger partial charge is 0.432 e. The zero-order valence-corrected chi connectivity index (χ0v) is 12.7. The summed E-state index contributed by atoms with van der Waals surface area (Å²) in [4.78, 5) is 23.1. The van der Waals surface area contributed by atoms with Gasteiger partial charge in [-0.05, 0) is 24.6 Å². The van der Waals surface area contributed by atoms with Crippen LogP contribution in [0.1, 0.15) is 25.8 Å². The van der Waals surface area contributed by atoms with Gasteiger partial charge >= 0.3 is 5.97 Å². The molecule has 1 heterocycles. The molecule has 0 N–H and O–H groups in total. The molecule has 114 valence electrons. The van der Waals surface area contributed by atoms with Crippen molar-refractivity contribution in [3.05, 3.63) is 59.4 Å². The predicted molar refractivity (Wildman–Crippen MR) is 80.8 cm³/mol. The van der Waals surface area contributed by atoms with E-state index >= 15 is 0 Å². The molecule has 0 bridgehead atoms. The fraction of sp³-hybridized carbons (Fsp3) is 0.333. The first-order chi connectivity index (χ1) is 10.5. The van der Waals surface area contributed by atoms with Gasteiger partial charge in [0.15, 0.2) is 5.78 Å². The van der Waals surface area contributed by atoms with Crippen molar-refractivity contribution in [1.29, 1.82) is 0 Å². The second-order valence-corrected chi connectivity index (χ2v) is 5.68. The maximum absolute atomic E-state index is 11.9. The zero-order chi connectivity index (χ0) is 15.7. The number of ether oxygens (including phenoxy) is 2. The minimum absolute atomic E-state index is 0.0650. The van der Waals surface area contributed by atoms with Gasteiger partial charge in [-0.1, -0.05) is 30.3 Å². The molecule has 0 amide bonds. The van der Waals surface area contributed by atoms with Crippen molar-refractivity contribution >= 4 is 11.8 Å². The van der Waals surface area contributed by atoms with Crippen LogP contribution in [0.25, 0.3) is 0 Å². The minimum Gasteiger partial charge on any atom is -0.432 e. The highest BCUT2D eigenvalue weighted by atomic mass is 16.5. The van der Waals surface area contributed by atoms with E-state index in [4.69, 9.17) is 9.47 Å². The van der Waals surface area contributed by atoms with Crippen LogP contribution in [-0.2, 0) is 24.7 Å². The standard InChI is InChI=1S/C18H18O4/c1-12(22-13(2)19)16-11-21-18(14-6-4-3-5-7-14)9-8-15(20)10-17(16)18/h3-9,17H,10-11H2,1-2H3/b16-12+. The summed E-state index contributed by atoms with van der Waals surface area (Å²) in [5.74, 6) is 0.111. The number of carbonyl (C=O) groups is 2. The van der Waals surface area contributed by atoms with Crippen LogP contribution in [0.2, 0.25) is 0 Å². The summed E-state index contributed by atoms with van der Waals surface area (Å²) in [6, 6.07) is 9.85. The lowest BCUT2D eigenvalue weighted by Crippen LogP contribution is -2.35. The second kappa shape index (κ2) is 5.54. The van der Waals surface area contributed by atoms with Gasteiger partial charge in [-0.2, -0.15) is 0 Å². The van der Waals surface area contributed by atoms with Crippen molar-refractivity contribution in [1.82, 2.24) is 0 Å². The molecule has 2 aliphatic rings. The Labute approximate surface area is 129 Å². The van der Waals surface area contributed by atoms with Gasteiger partial charge in [0.05, 0.1) is 6.61 Å². The number of hydrogen-bond donors (Lipinski definition) is 0. The summed E-state index contributed by atoms with van der Waals surface area (Å²) in [5.41, 5.74) is 1.25. The van der Waals surface area contributed by atoms with E-state index in [1.54, 1.807) is 13.0 Å². The fourth-order valence-electron chi connectivity index (χ4n) is 3.29. The van der Waals surface area contributed by atoms with Crippen molar-refractivity contribution in [3.8, 4) is 0 Å². The van der Waals surface area contributed by atoms with E-state index in [1.165, 1.54) is 6.92 Å². The molecule has 1 aromatic rings. The van der Waals surface area contributed by atoms with Crippen LogP contribution in [0.4, 0.5) is 0 Å². The van der Waals surface area contributed by atoms with Gasteiger partial charge in [-0.3, -0.25) is 9.59 Å². The lowest BCUT2D eigenvalue weighted by atomic mass is 9.73. The summed E-state index contributed by atoms with van der Waals surface area (Å²) >= 11 is 0. The Morgan fingerprint density at radius 3 is 2.68 bits per heavy atom. The number of ketones is 1. The first kappa shape index (κ1) is 14.7. The zero-order valence-electron chi connectivity index (χ0n) is 12.7. The van der Waals surface area contributed by atoms with E-state index in [0.717, 1.165) is 11.1 Å². The molecule has 2 atom stereocenters. The lowest BCUT2D eigenvalue weighted by Gasteiger charge is -2.34. The summed E-state index contributed by atoms with van der Waals surface area (Å²) in [7, 11) is 0. The summed E-state index contributed by atoms with van der Waals surface area (Å²) < 4.78 is 11.3. The maximum atomic E-state index is 11.9. The summed E-state index contributed by atoms with van der Waals surface area (Å²) in [6.07, 6.45) is 3.79. The number of benzene rings is 1. The first-order valence-corrected chi connectivity index (χ1v) is 7.32. The molecule has 0 spiro atoms. The third kappa shape index (κ3) is 2.40. The molecule has 0 saturated carbocycles. The van der Waals surface area contributed by atoms with Gasteiger partial charge in [0.1, 0.15) is 11.4 Å². The lowest BCUT2D eigenvalue weighted by molar-refractivity contribution is -0.136. The van der Waals surface area contributed by atoms with E-state index in [0.29, 0.717) is 18.8 Å². The van der Waals surface area contributed by atoms with Crippen molar-refractivity contribution in [3.63, 3.8) is 0 Å². The fourth-order valence-corrected chi connectivity index (χ4v) is 3.29. The number of carbonyl (C=O) groups excluding carboxylic acids is 2. The molecule has 1 saturated heterocycles. The van der Waals surface area contributed by atoms with E-state index in [-0.39, 0.29) is 17.7 Å². The molecule has 1 aliphatic carbocycles. The van der Waals surface area contributed by atoms with E-state index in [2.05, 4.69) is 0 Å². The second-order valence-electron chi connectivity index (χ2n) is 5.68. The van der Waals surface area contributed by atoms with Crippen LogP contribution in [0.3, 0.4) is 0 Å².